The van der Waals surface area contributed by atoms with Crippen LogP contribution in [-0.2, 0) is 6.42 Å². The molecule has 0 radical (unpaired) electrons. The number of hydrogen-bond acceptors (Lipinski definition) is 2. The van der Waals surface area contributed by atoms with E-state index in [0.717, 1.165) is 18.6 Å². The van der Waals surface area contributed by atoms with Gasteiger partial charge in [-0.1, -0.05) is 25.5 Å². The average Bonchev–Trinajstić information content (AvgIpc) is 2.42. The predicted molar refractivity (Wildman–Crippen MR) is 75.5 cm³/mol. The molecule has 0 fully saturated rings. The highest BCUT2D eigenvalue weighted by molar-refractivity contribution is 5.92. The van der Waals surface area contributed by atoms with Crippen molar-refractivity contribution in [2.75, 3.05) is 0 Å². The zero-order valence-electron chi connectivity index (χ0n) is 10.9. The van der Waals surface area contributed by atoms with E-state index in [2.05, 4.69) is 19.1 Å². The first-order valence-corrected chi connectivity index (χ1v) is 6.35. The van der Waals surface area contributed by atoms with Gasteiger partial charge in [-0.15, -0.1) is 0 Å². The average molecular weight is 255 g/mol. The zero-order valence-corrected chi connectivity index (χ0v) is 10.9. The van der Waals surface area contributed by atoms with E-state index in [1.165, 1.54) is 5.56 Å². The van der Waals surface area contributed by atoms with Crippen molar-refractivity contribution in [3.63, 3.8) is 0 Å². The van der Waals surface area contributed by atoms with Crippen LogP contribution in [-0.4, -0.2) is 5.91 Å². The molecular formula is C16H17NO2. The maximum absolute atomic E-state index is 11.0. The minimum Gasteiger partial charge on any atom is -0.457 e. The van der Waals surface area contributed by atoms with Gasteiger partial charge in [-0.3, -0.25) is 4.79 Å². The molecule has 2 aromatic rings. The molecule has 19 heavy (non-hydrogen) atoms. The summed E-state index contributed by atoms with van der Waals surface area (Å²) in [4.78, 5) is 11.0. The van der Waals surface area contributed by atoms with Crippen LogP contribution in [0.3, 0.4) is 0 Å². The maximum Gasteiger partial charge on any atom is 0.248 e. The number of carbonyl (C=O) groups is 1. The van der Waals surface area contributed by atoms with Crippen LogP contribution in [0.25, 0.3) is 0 Å². The number of ether oxygens (including phenoxy) is 1. The number of nitrogens with two attached hydrogens (primary N) is 1. The van der Waals surface area contributed by atoms with Gasteiger partial charge in [-0.2, -0.15) is 0 Å². The highest BCUT2D eigenvalue weighted by atomic mass is 16.5. The molecule has 0 aliphatic rings. The minimum absolute atomic E-state index is 0.435. The number of primary amides is 1. The lowest BCUT2D eigenvalue weighted by atomic mass is 10.1. The van der Waals surface area contributed by atoms with Crippen molar-refractivity contribution in [2.45, 2.75) is 19.8 Å². The van der Waals surface area contributed by atoms with Gasteiger partial charge in [-0.05, 0) is 48.4 Å². The van der Waals surface area contributed by atoms with Crippen molar-refractivity contribution >= 4 is 5.91 Å². The van der Waals surface area contributed by atoms with Gasteiger partial charge < -0.3 is 10.5 Å². The number of amides is 1. The summed E-state index contributed by atoms with van der Waals surface area (Å²) in [6, 6.07) is 14.8. The molecule has 0 heterocycles. The Labute approximate surface area is 113 Å². The monoisotopic (exact) mass is 255 g/mol. The fraction of sp³-hybridized carbons (Fsp3) is 0.188. The van der Waals surface area contributed by atoms with E-state index in [1.54, 1.807) is 24.3 Å². The number of rotatable bonds is 5. The predicted octanol–water partition coefficient (Wildman–Crippen LogP) is 3.53. The third-order valence-electron chi connectivity index (χ3n) is 2.84. The Kier molecular flexibility index (Phi) is 4.18. The number of carbonyl (C=O) groups excluding carboxylic acids is 1. The van der Waals surface area contributed by atoms with Crippen LogP contribution < -0.4 is 10.5 Å². The maximum atomic E-state index is 11.0. The lowest BCUT2D eigenvalue weighted by Crippen LogP contribution is -2.10. The molecule has 0 unspecified atom stereocenters. The molecule has 3 heteroatoms. The van der Waals surface area contributed by atoms with Gasteiger partial charge in [0, 0.05) is 5.56 Å². The van der Waals surface area contributed by atoms with Gasteiger partial charge in [-0.25, -0.2) is 0 Å². The lowest BCUT2D eigenvalue weighted by Gasteiger charge is -2.07. The molecule has 0 aliphatic heterocycles. The molecule has 0 atom stereocenters. The second-order valence-corrected chi connectivity index (χ2v) is 4.38. The molecule has 0 saturated carbocycles. The summed E-state index contributed by atoms with van der Waals surface area (Å²) in [6.07, 6.45) is 2.21. The Morgan fingerprint density at radius 3 is 2.00 bits per heavy atom. The molecular weight excluding hydrogens is 238 g/mol. The molecule has 0 bridgehead atoms. The molecule has 2 N–H and O–H groups in total. The van der Waals surface area contributed by atoms with Crippen LogP contribution in [0, 0.1) is 0 Å². The molecule has 3 nitrogen and oxygen atoms in total. The summed E-state index contributed by atoms with van der Waals surface area (Å²) in [7, 11) is 0. The SMILES string of the molecule is CCCc1ccc(Oc2ccc(C(N)=O)cc2)cc1. The first-order chi connectivity index (χ1) is 9.19. The Morgan fingerprint density at radius 1 is 1.00 bits per heavy atom. The van der Waals surface area contributed by atoms with Crippen LogP contribution in [0.5, 0.6) is 11.5 Å². The van der Waals surface area contributed by atoms with E-state index in [4.69, 9.17) is 10.5 Å². The van der Waals surface area contributed by atoms with Gasteiger partial charge in [0.1, 0.15) is 11.5 Å². The Bertz CT molecular complexity index is 544. The zero-order chi connectivity index (χ0) is 13.7. The second-order valence-electron chi connectivity index (χ2n) is 4.38. The van der Waals surface area contributed by atoms with Gasteiger partial charge in [0.15, 0.2) is 0 Å². The van der Waals surface area contributed by atoms with E-state index in [0.29, 0.717) is 11.3 Å². The third-order valence-corrected chi connectivity index (χ3v) is 2.84. The van der Waals surface area contributed by atoms with Gasteiger partial charge >= 0.3 is 0 Å². The van der Waals surface area contributed by atoms with Crippen molar-refractivity contribution in [1.82, 2.24) is 0 Å². The summed E-state index contributed by atoms with van der Waals surface area (Å²) >= 11 is 0. The molecule has 0 aliphatic carbocycles. The van der Waals surface area contributed by atoms with Crippen molar-refractivity contribution in [2.24, 2.45) is 5.73 Å². The van der Waals surface area contributed by atoms with Crippen LogP contribution in [0.4, 0.5) is 0 Å². The van der Waals surface area contributed by atoms with Crippen LogP contribution in [0.15, 0.2) is 48.5 Å². The third kappa shape index (κ3) is 3.58. The Balaban J connectivity index is 2.06. The molecule has 2 rings (SSSR count). The summed E-state index contributed by atoms with van der Waals surface area (Å²) in [5.41, 5.74) is 6.96. The van der Waals surface area contributed by atoms with E-state index in [1.807, 2.05) is 12.1 Å². The number of benzene rings is 2. The summed E-state index contributed by atoms with van der Waals surface area (Å²) in [5.74, 6) is 1.04. The fourth-order valence-electron chi connectivity index (χ4n) is 1.84. The summed E-state index contributed by atoms with van der Waals surface area (Å²) in [5, 5.41) is 0. The van der Waals surface area contributed by atoms with Gasteiger partial charge in [0.25, 0.3) is 0 Å². The smallest absolute Gasteiger partial charge is 0.248 e. The first kappa shape index (κ1) is 13.1. The minimum atomic E-state index is -0.435. The lowest BCUT2D eigenvalue weighted by molar-refractivity contribution is 0.100. The Morgan fingerprint density at radius 2 is 1.53 bits per heavy atom. The second kappa shape index (κ2) is 6.05. The Hall–Kier alpha value is -2.29. The summed E-state index contributed by atoms with van der Waals surface area (Å²) < 4.78 is 5.69. The molecule has 2 aromatic carbocycles. The van der Waals surface area contributed by atoms with E-state index in [9.17, 15) is 4.79 Å². The highest BCUT2D eigenvalue weighted by Crippen LogP contribution is 2.22. The standard InChI is InChI=1S/C16H17NO2/c1-2-3-12-4-8-14(9-5-12)19-15-10-6-13(7-11-15)16(17)18/h4-11H,2-3H2,1H3,(H2,17,18). The normalized spacial score (nSPS) is 10.2. The summed E-state index contributed by atoms with van der Waals surface area (Å²) in [6.45, 7) is 2.16. The van der Waals surface area contributed by atoms with Crippen molar-refractivity contribution in [3.8, 4) is 11.5 Å². The van der Waals surface area contributed by atoms with Gasteiger partial charge in [0.2, 0.25) is 5.91 Å². The molecule has 0 spiro atoms. The molecule has 98 valence electrons. The first-order valence-electron chi connectivity index (χ1n) is 6.35. The molecule has 1 amide bonds. The topological polar surface area (TPSA) is 52.3 Å². The molecule has 0 aromatic heterocycles. The number of hydrogen-bond donors (Lipinski definition) is 1. The van der Waals surface area contributed by atoms with E-state index < -0.39 is 5.91 Å². The van der Waals surface area contributed by atoms with E-state index >= 15 is 0 Å². The largest absolute Gasteiger partial charge is 0.457 e. The van der Waals surface area contributed by atoms with Crippen LogP contribution >= 0.6 is 0 Å². The van der Waals surface area contributed by atoms with Gasteiger partial charge in [0.05, 0.1) is 0 Å². The molecule has 0 saturated heterocycles. The fourth-order valence-corrected chi connectivity index (χ4v) is 1.84. The van der Waals surface area contributed by atoms with Crippen molar-refractivity contribution in [3.05, 3.63) is 59.7 Å². The number of aryl methyl sites for hydroxylation is 1. The highest BCUT2D eigenvalue weighted by Gasteiger charge is 2.01. The van der Waals surface area contributed by atoms with E-state index in [-0.39, 0.29) is 0 Å². The van der Waals surface area contributed by atoms with Crippen molar-refractivity contribution < 1.29 is 9.53 Å². The van der Waals surface area contributed by atoms with Crippen LogP contribution in [0.1, 0.15) is 29.3 Å². The van der Waals surface area contributed by atoms with Crippen LogP contribution in [0.2, 0.25) is 0 Å². The van der Waals surface area contributed by atoms with Crippen molar-refractivity contribution in [1.29, 1.82) is 0 Å². The quantitative estimate of drug-likeness (QED) is 0.888.